The van der Waals surface area contributed by atoms with Crippen molar-refractivity contribution in [2.45, 2.75) is 113 Å². The number of carbonyl (C=O) groups excluding carboxylic acids is 2. The topological polar surface area (TPSA) is 105 Å². The summed E-state index contributed by atoms with van der Waals surface area (Å²) in [5, 5.41) is 27.2. The SMILES string of the molecule is C[C@@H](c1ccc(Cl)cc1)N1CCC2(CCC(O)CC2)NC1=O.C[C@@H](c1ccc(Cl)cc1)N1CCC2(CCC(O)CC2)NC1=O. The minimum Gasteiger partial charge on any atom is -0.393 e. The molecule has 240 valence electrons. The van der Waals surface area contributed by atoms with Crippen molar-refractivity contribution in [1.82, 2.24) is 20.4 Å². The standard InChI is InChI=1S/2C17H23ClN2O2/c2*1-12(13-2-4-14(18)5-3-13)20-11-10-17(19-16(20)22)8-6-15(21)7-9-17/h2*2-5,12,15,21H,6-11H2,1H3,(H,19,22)/t2*12-,15?,17?/m00/s1. The van der Waals surface area contributed by atoms with E-state index in [4.69, 9.17) is 23.2 Å². The van der Waals surface area contributed by atoms with Crippen LogP contribution >= 0.6 is 23.2 Å². The van der Waals surface area contributed by atoms with Gasteiger partial charge in [-0.15, -0.1) is 0 Å². The second kappa shape index (κ2) is 13.9. The number of hydrogen-bond acceptors (Lipinski definition) is 4. The Kier molecular flexibility index (Phi) is 10.3. The van der Waals surface area contributed by atoms with Crippen LogP contribution < -0.4 is 10.6 Å². The number of hydrogen-bond donors (Lipinski definition) is 4. The fraction of sp³-hybridized carbons (Fsp3) is 0.588. The predicted molar refractivity (Wildman–Crippen MR) is 174 cm³/mol. The molecule has 10 heteroatoms. The molecule has 2 heterocycles. The molecule has 0 unspecified atom stereocenters. The van der Waals surface area contributed by atoms with Gasteiger partial charge in [-0.25, -0.2) is 9.59 Å². The first-order chi connectivity index (χ1) is 21.0. The number of aliphatic hydroxyl groups excluding tert-OH is 2. The minimum absolute atomic E-state index is 0.00471. The third kappa shape index (κ3) is 7.64. The van der Waals surface area contributed by atoms with E-state index >= 15 is 0 Å². The molecule has 2 aromatic rings. The number of carbonyl (C=O) groups is 2. The van der Waals surface area contributed by atoms with Crippen molar-refractivity contribution in [3.05, 3.63) is 69.7 Å². The van der Waals surface area contributed by atoms with Crippen LogP contribution in [0.4, 0.5) is 9.59 Å². The third-order valence-corrected chi connectivity index (χ3v) is 10.9. The molecule has 2 saturated carbocycles. The van der Waals surface area contributed by atoms with Gasteiger partial charge in [-0.3, -0.25) is 0 Å². The maximum Gasteiger partial charge on any atom is 0.318 e. The first-order valence-corrected chi connectivity index (χ1v) is 16.8. The molecular weight excluding hydrogens is 599 g/mol. The van der Waals surface area contributed by atoms with Gasteiger partial charge in [0.2, 0.25) is 0 Å². The van der Waals surface area contributed by atoms with Crippen molar-refractivity contribution < 1.29 is 19.8 Å². The predicted octanol–water partition coefficient (Wildman–Crippen LogP) is 6.98. The molecule has 44 heavy (non-hydrogen) atoms. The van der Waals surface area contributed by atoms with Crippen LogP contribution in [0, 0.1) is 0 Å². The molecule has 0 radical (unpaired) electrons. The van der Waals surface area contributed by atoms with E-state index in [0.29, 0.717) is 10.0 Å². The summed E-state index contributed by atoms with van der Waals surface area (Å²) in [6, 6.07) is 15.4. The molecule has 2 aliphatic carbocycles. The van der Waals surface area contributed by atoms with Crippen molar-refractivity contribution in [2.75, 3.05) is 13.1 Å². The molecule has 2 spiro atoms. The molecule has 2 saturated heterocycles. The first-order valence-electron chi connectivity index (χ1n) is 16.0. The van der Waals surface area contributed by atoms with Crippen molar-refractivity contribution in [1.29, 1.82) is 0 Å². The Bertz CT molecular complexity index is 1180. The van der Waals surface area contributed by atoms with Crippen molar-refractivity contribution in [3.8, 4) is 0 Å². The van der Waals surface area contributed by atoms with Crippen LogP contribution in [0.1, 0.15) is 101 Å². The van der Waals surface area contributed by atoms with Gasteiger partial charge in [-0.1, -0.05) is 47.5 Å². The zero-order chi connectivity index (χ0) is 31.5. The molecule has 8 nitrogen and oxygen atoms in total. The molecule has 0 aromatic heterocycles. The summed E-state index contributed by atoms with van der Waals surface area (Å²) in [4.78, 5) is 28.9. The van der Waals surface area contributed by atoms with Gasteiger partial charge < -0.3 is 30.6 Å². The van der Waals surface area contributed by atoms with E-state index in [2.05, 4.69) is 10.6 Å². The molecule has 2 aliphatic heterocycles. The van der Waals surface area contributed by atoms with Crippen molar-refractivity contribution in [3.63, 3.8) is 0 Å². The van der Waals surface area contributed by atoms with E-state index in [1.165, 1.54) is 0 Å². The van der Waals surface area contributed by atoms with Crippen LogP contribution in [0.5, 0.6) is 0 Å². The Morgan fingerprint density at radius 2 is 0.955 bits per heavy atom. The second-order valence-corrected chi connectivity index (χ2v) is 14.1. The maximum absolute atomic E-state index is 12.6. The zero-order valence-electron chi connectivity index (χ0n) is 25.8. The lowest BCUT2D eigenvalue weighted by Gasteiger charge is -2.47. The minimum atomic E-state index is -0.200. The summed E-state index contributed by atoms with van der Waals surface area (Å²) in [5.41, 5.74) is 1.98. The number of benzene rings is 2. The Morgan fingerprint density at radius 3 is 1.25 bits per heavy atom. The van der Waals surface area contributed by atoms with Gasteiger partial charge in [0.1, 0.15) is 0 Å². The van der Waals surface area contributed by atoms with Crippen LogP contribution in [-0.2, 0) is 0 Å². The number of nitrogens with one attached hydrogen (secondary N) is 2. The summed E-state index contributed by atoms with van der Waals surface area (Å²) in [6.07, 6.45) is 8.15. The van der Waals surface area contributed by atoms with Crippen LogP contribution in [0.2, 0.25) is 10.0 Å². The average molecular weight is 646 g/mol. The van der Waals surface area contributed by atoms with Gasteiger partial charge >= 0.3 is 12.1 Å². The van der Waals surface area contributed by atoms with E-state index in [1.54, 1.807) is 0 Å². The van der Waals surface area contributed by atoms with Crippen LogP contribution in [0.15, 0.2) is 48.5 Å². The van der Waals surface area contributed by atoms with Crippen molar-refractivity contribution >= 4 is 35.3 Å². The second-order valence-electron chi connectivity index (χ2n) is 13.2. The fourth-order valence-electron chi connectivity index (χ4n) is 7.24. The number of urea groups is 2. The van der Waals surface area contributed by atoms with Crippen LogP contribution in [-0.4, -0.2) is 68.5 Å². The highest BCUT2D eigenvalue weighted by Gasteiger charge is 2.43. The summed E-state index contributed by atoms with van der Waals surface area (Å²) in [5.74, 6) is 0. The van der Waals surface area contributed by atoms with Crippen LogP contribution in [0.3, 0.4) is 0 Å². The lowest BCUT2D eigenvalue weighted by molar-refractivity contribution is 0.0572. The highest BCUT2D eigenvalue weighted by atomic mass is 35.5. The number of amides is 4. The molecule has 6 rings (SSSR count). The zero-order valence-corrected chi connectivity index (χ0v) is 27.3. The Hall–Kier alpha value is -2.52. The normalized spacial score (nSPS) is 30.2. The number of rotatable bonds is 4. The van der Waals surface area contributed by atoms with E-state index in [0.717, 1.165) is 88.4 Å². The molecule has 2 atom stereocenters. The molecule has 4 N–H and O–H groups in total. The molecule has 4 aliphatic rings. The lowest BCUT2D eigenvalue weighted by Crippen LogP contribution is -2.61. The fourth-order valence-corrected chi connectivity index (χ4v) is 7.49. The first kappa shape index (κ1) is 32.9. The lowest BCUT2D eigenvalue weighted by atomic mass is 9.77. The summed E-state index contributed by atoms with van der Waals surface area (Å²) in [7, 11) is 0. The van der Waals surface area contributed by atoms with Gasteiger partial charge in [0.25, 0.3) is 0 Å². The van der Waals surface area contributed by atoms with Gasteiger partial charge in [0.05, 0.1) is 24.3 Å². The summed E-state index contributed by atoms with van der Waals surface area (Å²) < 4.78 is 0. The average Bonchev–Trinajstić information content (AvgIpc) is 3.01. The molecular formula is C34H46Cl2N4O4. The van der Waals surface area contributed by atoms with Crippen molar-refractivity contribution in [2.24, 2.45) is 0 Å². The Balaban J connectivity index is 0.000000175. The quantitative estimate of drug-likeness (QED) is 0.288. The smallest absolute Gasteiger partial charge is 0.318 e. The van der Waals surface area contributed by atoms with Gasteiger partial charge in [-0.2, -0.15) is 0 Å². The number of halogens is 2. The van der Waals surface area contributed by atoms with E-state index in [1.807, 2.05) is 72.2 Å². The summed E-state index contributed by atoms with van der Waals surface area (Å²) in [6.45, 7) is 5.61. The molecule has 4 fully saturated rings. The third-order valence-electron chi connectivity index (χ3n) is 10.4. The molecule has 2 aromatic carbocycles. The van der Waals surface area contributed by atoms with E-state index in [-0.39, 0.29) is 47.4 Å². The Morgan fingerprint density at radius 1 is 0.636 bits per heavy atom. The van der Waals surface area contributed by atoms with Gasteiger partial charge in [0, 0.05) is 34.2 Å². The van der Waals surface area contributed by atoms with Crippen LogP contribution in [0.25, 0.3) is 0 Å². The Labute approximate surface area is 271 Å². The highest BCUT2D eigenvalue weighted by molar-refractivity contribution is 6.30. The van der Waals surface area contributed by atoms with E-state index in [9.17, 15) is 19.8 Å². The van der Waals surface area contributed by atoms with E-state index < -0.39 is 0 Å². The maximum atomic E-state index is 12.6. The van der Waals surface area contributed by atoms with Gasteiger partial charge in [0.15, 0.2) is 0 Å². The monoisotopic (exact) mass is 644 g/mol. The summed E-state index contributed by atoms with van der Waals surface area (Å²) >= 11 is 11.9. The largest absolute Gasteiger partial charge is 0.393 e. The molecule has 4 amide bonds. The highest BCUT2D eigenvalue weighted by Crippen LogP contribution is 2.37. The number of aliphatic hydroxyl groups is 2. The van der Waals surface area contributed by atoms with Gasteiger partial charge in [-0.05, 0) is 113 Å². The number of nitrogens with zero attached hydrogens (tertiary/aromatic N) is 2. The molecule has 0 bridgehead atoms.